The van der Waals surface area contributed by atoms with Crippen LogP contribution in [0.1, 0.15) is 18.1 Å². The van der Waals surface area contributed by atoms with Crippen LogP contribution in [0.15, 0.2) is 42.6 Å². The summed E-state index contributed by atoms with van der Waals surface area (Å²) in [6, 6.07) is 7.72. The fourth-order valence-corrected chi connectivity index (χ4v) is 3.21. The topological polar surface area (TPSA) is 36.4 Å². The smallest absolute Gasteiger partial charge is 0.350 e. The van der Waals surface area contributed by atoms with E-state index >= 15 is 0 Å². The third-order valence-corrected chi connectivity index (χ3v) is 4.60. The van der Waals surface area contributed by atoms with Crippen molar-refractivity contribution in [2.24, 2.45) is 0 Å². The van der Waals surface area contributed by atoms with Gasteiger partial charge in [-0.3, -0.25) is 4.79 Å². The van der Waals surface area contributed by atoms with Crippen molar-refractivity contribution >= 4 is 11.7 Å². The maximum absolute atomic E-state index is 13.0. The molecule has 1 atom stereocenters. The van der Waals surface area contributed by atoms with Crippen molar-refractivity contribution in [2.75, 3.05) is 24.5 Å². The Labute approximate surface area is 154 Å². The first-order valence-electron chi connectivity index (χ1n) is 8.56. The molecule has 1 fully saturated rings. The standard InChI is InChI=1S/C19H19F4N3O/c1-13-12-25(7-8-26(13)17-6-5-16(20)11-24-17)18(27)10-14-3-2-4-15(9-14)19(21,22)23/h2-6,9,11,13H,7-8,10,12H2,1H3. The van der Waals surface area contributed by atoms with Crippen LogP contribution in [0.25, 0.3) is 0 Å². The van der Waals surface area contributed by atoms with E-state index in [1.807, 2.05) is 11.8 Å². The molecule has 1 aliphatic heterocycles. The fourth-order valence-electron chi connectivity index (χ4n) is 3.21. The number of aromatic nitrogens is 1. The molecule has 1 saturated heterocycles. The zero-order chi connectivity index (χ0) is 19.6. The predicted octanol–water partition coefficient (Wildman–Crippen LogP) is 3.52. The van der Waals surface area contributed by atoms with Crippen LogP contribution in [0.4, 0.5) is 23.4 Å². The van der Waals surface area contributed by atoms with Crippen LogP contribution >= 0.6 is 0 Å². The third kappa shape index (κ3) is 4.56. The van der Waals surface area contributed by atoms with Gasteiger partial charge in [-0.25, -0.2) is 9.37 Å². The number of piperazine rings is 1. The highest BCUT2D eigenvalue weighted by Gasteiger charge is 2.31. The number of anilines is 1. The number of pyridine rings is 1. The van der Waals surface area contributed by atoms with Crippen LogP contribution in [0.3, 0.4) is 0 Å². The lowest BCUT2D eigenvalue weighted by molar-refractivity contribution is -0.138. The zero-order valence-electron chi connectivity index (χ0n) is 14.7. The molecule has 0 aliphatic carbocycles. The molecule has 0 saturated carbocycles. The molecule has 2 aromatic rings. The molecule has 1 aromatic carbocycles. The summed E-state index contributed by atoms with van der Waals surface area (Å²) >= 11 is 0. The highest BCUT2D eigenvalue weighted by molar-refractivity contribution is 5.79. The lowest BCUT2D eigenvalue weighted by atomic mass is 10.1. The van der Waals surface area contributed by atoms with E-state index in [1.54, 1.807) is 11.0 Å². The van der Waals surface area contributed by atoms with E-state index in [0.717, 1.165) is 18.3 Å². The van der Waals surface area contributed by atoms with Gasteiger partial charge in [-0.15, -0.1) is 0 Å². The average Bonchev–Trinajstić information content (AvgIpc) is 2.62. The van der Waals surface area contributed by atoms with Crippen molar-refractivity contribution in [3.05, 3.63) is 59.5 Å². The van der Waals surface area contributed by atoms with Crippen LogP contribution in [0, 0.1) is 5.82 Å². The minimum absolute atomic E-state index is 0.0397. The second-order valence-electron chi connectivity index (χ2n) is 6.59. The molecule has 3 rings (SSSR count). The molecule has 8 heteroatoms. The van der Waals surface area contributed by atoms with E-state index in [4.69, 9.17) is 0 Å². The van der Waals surface area contributed by atoms with Gasteiger partial charge in [-0.1, -0.05) is 18.2 Å². The number of alkyl halides is 3. The summed E-state index contributed by atoms with van der Waals surface area (Å²) in [5, 5.41) is 0. The molecule has 1 aliphatic rings. The minimum Gasteiger partial charge on any atom is -0.350 e. The number of hydrogen-bond donors (Lipinski definition) is 0. The van der Waals surface area contributed by atoms with E-state index in [1.165, 1.54) is 18.2 Å². The fraction of sp³-hybridized carbons (Fsp3) is 0.368. The van der Waals surface area contributed by atoms with Crippen LogP contribution in [0.2, 0.25) is 0 Å². The van der Waals surface area contributed by atoms with Crippen molar-refractivity contribution in [1.29, 1.82) is 0 Å². The highest BCUT2D eigenvalue weighted by Crippen LogP contribution is 2.29. The number of benzene rings is 1. The Bertz CT molecular complexity index is 807. The molecule has 0 N–H and O–H groups in total. The Kier molecular flexibility index (Phi) is 5.34. The van der Waals surface area contributed by atoms with Gasteiger partial charge in [0, 0.05) is 25.7 Å². The number of halogens is 4. The highest BCUT2D eigenvalue weighted by atomic mass is 19.4. The van der Waals surface area contributed by atoms with Gasteiger partial charge in [0.05, 0.1) is 18.2 Å². The molecular formula is C19H19F4N3O. The number of amides is 1. The van der Waals surface area contributed by atoms with Gasteiger partial charge in [0.15, 0.2) is 0 Å². The summed E-state index contributed by atoms with van der Waals surface area (Å²) < 4.78 is 51.5. The number of carbonyl (C=O) groups is 1. The Morgan fingerprint density at radius 2 is 2.00 bits per heavy atom. The van der Waals surface area contributed by atoms with Gasteiger partial charge in [0.2, 0.25) is 5.91 Å². The summed E-state index contributed by atoms with van der Waals surface area (Å²) in [5.41, 5.74) is -0.418. The zero-order valence-corrected chi connectivity index (χ0v) is 14.7. The Hall–Kier alpha value is -2.64. The van der Waals surface area contributed by atoms with E-state index < -0.39 is 17.6 Å². The number of carbonyl (C=O) groups excluding carboxylic acids is 1. The molecule has 27 heavy (non-hydrogen) atoms. The number of hydrogen-bond acceptors (Lipinski definition) is 3. The average molecular weight is 381 g/mol. The molecule has 4 nitrogen and oxygen atoms in total. The van der Waals surface area contributed by atoms with Crippen molar-refractivity contribution in [2.45, 2.75) is 25.6 Å². The molecule has 0 bridgehead atoms. The summed E-state index contributed by atoms with van der Waals surface area (Å²) in [7, 11) is 0. The molecule has 0 spiro atoms. The van der Waals surface area contributed by atoms with Gasteiger partial charge in [-0.2, -0.15) is 13.2 Å². The summed E-state index contributed by atoms with van der Waals surface area (Å²) in [6.07, 6.45) is -3.36. The molecule has 1 aromatic heterocycles. The Balaban J connectivity index is 1.63. The second kappa shape index (κ2) is 7.54. The summed E-state index contributed by atoms with van der Waals surface area (Å²) in [6.45, 7) is 3.31. The first-order valence-corrected chi connectivity index (χ1v) is 8.56. The van der Waals surface area contributed by atoms with E-state index in [-0.39, 0.29) is 18.4 Å². The van der Waals surface area contributed by atoms with E-state index in [9.17, 15) is 22.4 Å². The second-order valence-corrected chi connectivity index (χ2v) is 6.59. The molecular weight excluding hydrogens is 362 g/mol. The van der Waals surface area contributed by atoms with Crippen LogP contribution < -0.4 is 4.90 Å². The lowest BCUT2D eigenvalue weighted by Crippen LogP contribution is -2.54. The van der Waals surface area contributed by atoms with Gasteiger partial charge >= 0.3 is 6.18 Å². The van der Waals surface area contributed by atoms with E-state index in [0.29, 0.717) is 31.0 Å². The molecule has 1 amide bonds. The quantitative estimate of drug-likeness (QED) is 0.764. The predicted molar refractivity (Wildman–Crippen MR) is 92.7 cm³/mol. The minimum atomic E-state index is -4.43. The molecule has 0 radical (unpaired) electrons. The van der Waals surface area contributed by atoms with E-state index in [2.05, 4.69) is 4.98 Å². The first kappa shape index (κ1) is 19.1. The monoisotopic (exact) mass is 381 g/mol. The summed E-state index contributed by atoms with van der Waals surface area (Å²) in [5.74, 6) is 0.00284. The van der Waals surface area contributed by atoms with Crippen LogP contribution in [0.5, 0.6) is 0 Å². The van der Waals surface area contributed by atoms with Crippen molar-refractivity contribution in [1.82, 2.24) is 9.88 Å². The maximum Gasteiger partial charge on any atom is 0.416 e. The molecule has 144 valence electrons. The van der Waals surface area contributed by atoms with Gasteiger partial charge < -0.3 is 9.80 Å². The number of rotatable bonds is 3. The Morgan fingerprint density at radius 1 is 1.22 bits per heavy atom. The molecule has 2 heterocycles. The first-order chi connectivity index (χ1) is 12.7. The van der Waals surface area contributed by atoms with Crippen molar-refractivity contribution in [3.8, 4) is 0 Å². The van der Waals surface area contributed by atoms with Crippen LogP contribution in [-0.4, -0.2) is 41.5 Å². The van der Waals surface area contributed by atoms with Crippen LogP contribution in [-0.2, 0) is 17.4 Å². The lowest BCUT2D eigenvalue weighted by Gasteiger charge is -2.40. The van der Waals surface area contributed by atoms with Gasteiger partial charge in [-0.05, 0) is 30.7 Å². The summed E-state index contributed by atoms with van der Waals surface area (Å²) in [4.78, 5) is 20.2. The normalized spacial score (nSPS) is 17.9. The van der Waals surface area contributed by atoms with Crippen molar-refractivity contribution < 1.29 is 22.4 Å². The maximum atomic E-state index is 13.0. The largest absolute Gasteiger partial charge is 0.416 e. The van der Waals surface area contributed by atoms with Gasteiger partial charge in [0.25, 0.3) is 0 Å². The SMILES string of the molecule is CC1CN(C(=O)Cc2cccc(C(F)(F)F)c2)CCN1c1ccc(F)cn1. The Morgan fingerprint density at radius 3 is 2.63 bits per heavy atom. The van der Waals surface area contributed by atoms with Gasteiger partial charge in [0.1, 0.15) is 11.6 Å². The molecule has 1 unspecified atom stereocenters. The number of nitrogens with zero attached hydrogens (tertiary/aromatic N) is 3. The third-order valence-electron chi connectivity index (χ3n) is 4.60. The van der Waals surface area contributed by atoms with Crippen molar-refractivity contribution in [3.63, 3.8) is 0 Å².